The van der Waals surface area contributed by atoms with Gasteiger partial charge >= 0.3 is 0 Å². The lowest BCUT2D eigenvalue weighted by Gasteiger charge is -2.18. The molecule has 7 heteroatoms. The lowest BCUT2D eigenvalue weighted by atomic mass is 9.88. The minimum absolute atomic E-state index is 0.0372. The van der Waals surface area contributed by atoms with Gasteiger partial charge in [-0.05, 0) is 47.0 Å². The molecule has 0 amide bonds. The van der Waals surface area contributed by atoms with Crippen LogP contribution in [-0.2, 0) is 10.0 Å². The lowest BCUT2D eigenvalue weighted by molar-refractivity contribution is 0.568. The Kier molecular flexibility index (Phi) is 5.02. The largest absolute Gasteiger partial charge is 0.240 e. The molecule has 0 saturated heterocycles. The lowest BCUT2D eigenvalue weighted by Crippen LogP contribution is -2.14. The molecule has 1 aliphatic rings. The Morgan fingerprint density at radius 3 is 2.52 bits per heavy atom. The Morgan fingerprint density at radius 1 is 1.16 bits per heavy atom. The third-order valence-electron chi connectivity index (χ3n) is 3.85. The van der Waals surface area contributed by atoms with Gasteiger partial charge in [0.25, 0.3) is 0 Å². The van der Waals surface area contributed by atoms with E-state index in [-0.39, 0.29) is 5.92 Å². The van der Waals surface area contributed by atoms with Gasteiger partial charge in [-0.1, -0.05) is 58.5 Å². The van der Waals surface area contributed by atoms with Gasteiger partial charge in [0.15, 0.2) is 0 Å². The van der Waals surface area contributed by atoms with Gasteiger partial charge in [0.05, 0.1) is 0 Å². The van der Waals surface area contributed by atoms with Gasteiger partial charge in [-0.15, -0.1) is 0 Å². The highest BCUT2D eigenvalue weighted by Gasteiger charge is 2.19. The first-order valence-corrected chi connectivity index (χ1v) is 10.0. The summed E-state index contributed by atoms with van der Waals surface area (Å²) >= 11 is 8.94. The zero-order valence-electron chi connectivity index (χ0n) is 12.8. The minimum atomic E-state index is -4.08. The number of rotatable bonds is 3. The average molecular weight is 438 g/mol. The molecule has 128 valence electrons. The quantitative estimate of drug-likeness (QED) is 0.726. The van der Waals surface area contributed by atoms with Crippen LogP contribution < -0.4 is 5.14 Å². The number of hydrogen-bond acceptors (Lipinski definition) is 3. The van der Waals surface area contributed by atoms with Crippen molar-refractivity contribution in [1.29, 1.82) is 0 Å². The molecule has 0 spiro atoms. The van der Waals surface area contributed by atoms with Crippen molar-refractivity contribution in [2.75, 3.05) is 0 Å². The molecule has 3 rings (SSSR count). The van der Waals surface area contributed by atoms with Crippen molar-refractivity contribution >= 4 is 48.6 Å². The first-order chi connectivity index (χ1) is 11.8. The number of thiocarbonyl (C=S) groups is 1. The van der Waals surface area contributed by atoms with Gasteiger partial charge in [0, 0.05) is 15.3 Å². The maximum atomic E-state index is 14.0. The van der Waals surface area contributed by atoms with Gasteiger partial charge in [-0.25, -0.2) is 17.9 Å². The van der Waals surface area contributed by atoms with Crippen molar-refractivity contribution in [3.63, 3.8) is 0 Å². The summed E-state index contributed by atoms with van der Waals surface area (Å²) in [5, 5.41) is 4.98. The van der Waals surface area contributed by atoms with Gasteiger partial charge in [0.1, 0.15) is 10.7 Å². The van der Waals surface area contributed by atoms with Crippen LogP contribution in [0.2, 0.25) is 0 Å². The Balaban J connectivity index is 1.92. The summed E-state index contributed by atoms with van der Waals surface area (Å²) < 4.78 is 37.6. The molecule has 0 heterocycles. The van der Waals surface area contributed by atoms with Crippen LogP contribution in [0.1, 0.15) is 17.0 Å². The molecule has 1 aliphatic carbocycles. The fourth-order valence-electron chi connectivity index (χ4n) is 2.65. The second-order valence-corrected chi connectivity index (χ2v) is 8.50. The summed E-state index contributed by atoms with van der Waals surface area (Å²) in [7, 11) is -4.08. The third-order valence-corrected chi connectivity index (χ3v) is 5.66. The van der Waals surface area contributed by atoms with Crippen LogP contribution in [0.3, 0.4) is 0 Å². The molecule has 0 saturated carbocycles. The Hall–Kier alpha value is -1.67. The van der Waals surface area contributed by atoms with Gasteiger partial charge in [0.2, 0.25) is 10.0 Å². The second kappa shape index (κ2) is 6.92. The zero-order chi connectivity index (χ0) is 18.2. The Morgan fingerprint density at radius 2 is 1.92 bits per heavy atom. The van der Waals surface area contributed by atoms with Crippen molar-refractivity contribution in [1.82, 2.24) is 0 Å². The van der Waals surface area contributed by atoms with Crippen molar-refractivity contribution in [2.24, 2.45) is 5.14 Å². The number of allylic oxidation sites excluding steroid dienone is 4. The molecule has 0 bridgehead atoms. The number of hydrogen-bond donors (Lipinski definition) is 1. The maximum absolute atomic E-state index is 14.0. The van der Waals surface area contributed by atoms with Crippen LogP contribution in [0.5, 0.6) is 0 Å². The molecule has 0 radical (unpaired) electrons. The SMILES string of the molecule is NS(=O)(=O)c1ccc(C2=CC(=S)C(c3cccc(Br)c3)C=C2)cc1F. The summed E-state index contributed by atoms with van der Waals surface area (Å²) in [6, 6.07) is 11.7. The molecular weight excluding hydrogens is 425 g/mol. The van der Waals surface area contributed by atoms with Crippen LogP contribution in [0, 0.1) is 5.82 Å². The molecule has 0 aliphatic heterocycles. The third kappa shape index (κ3) is 3.95. The first kappa shape index (κ1) is 18.1. The molecule has 0 fully saturated rings. The van der Waals surface area contributed by atoms with E-state index < -0.39 is 20.7 Å². The Labute approximate surface area is 159 Å². The fraction of sp³-hybridized carbons (Fsp3) is 0.0556. The van der Waals surface area contributed by atoms with E-state index in [1.807, 2.05) is 36.4 Å². The van der Waals surface area contributed by atoms with E-state index in [1.54, 1.807) is 6.08 Å². The minimum Gasteiger partial charge on any atom is -0.225 e. The van der Waals surface area contributed by atoms with Gasteiger partial charge in [-0.3, -0.25) is 0 Å². The number of halogens is 2. The van der Waals surface area contributed by atoms with Crippen molar-refractivity contribution in [2.45, 2.75) is 10.8 Å². The molecule has 1 atom stereocenters. The normalized spacial score (nSPS) is 17.5. The summed E-state index contributed by atoms with van der Waals surface area (Å²) in [6.07, 6.45) is 5.60. The molecule has 2 N–H and O–H groups in total. The van der Waals surface area contributed by atoms with E-state index in [0.29, 0.717) is 10.4 Å². The van der Waals surface area contributed by atoms with Gasteiger partial charge in [-0.2, -0.15) is 0 Å². The highest BCUT2D eigenvalue weighted by molar-refractivity contribution is 9.10. The molecule has 0 aromatic heterocycles. The van der Waals surface area contributed by atoms with Crippen LogP contribution in [0.4, 0.5) is 4.39 Å². The van der Waals surface area contributed by atoms with Crippen LogP contribution >= 0.6 is 28.1 Å². The van der Waals surface area contributed by atoms with E-state index in [9.17, 15) is 12.8 Å². The number of primary sulfonamides is 1. The van der Waals surface area contributed by atoms with E-state index in [2.05, 4.69) is 15.9 Å². The molecule has 1 unspecified atom stereocenters. The maximum Gasteiger partial charge on any atom is 0.240 e. The van der Waals surface area contributed by atoms with Crippen LogP contribution in [0.25, 0.3) is 5.57 Å². The topological polar surface area (TPSA) is 60.2 Å². The molecular formula is C18H13BrFNO2S2. The monoisotopic (exact) mass is 437 g/mol. The average Bonchev–Trinajstić information content (AvgIpc) is 2.53. The van der Waals surface area contributed by atoms with E-state index >= 15 is 0 Å². The summed E-state index contributed by atoms with van der Waals surface area (Å²) in [5.74, 6) is -0.917. The van der Waals surface area contributed by atoms with E-state index in [0.717, 1.165) is 27.7 Å². The fourth-order valence-corrected chi connectivity index (χ4v) is 4.00. The van der Waals surface area contributed by atoms with Crippen molar-refractivity contribution < 1.29 is 12.8 Å². The molecule has 25 heavy (non-hydrogen) atoms. The smallest absolute Gasteiger partial charge is 0.225 e. The highest BCUT2D eigenvalue weighted by Crippen LogP contribution is 2.31. The van der Waals surface area contributed by atoms with E-state index in [1.165, 1.54) is 6.07 Å². The summed E-state index contributed by atoms with van der Waals surface area (Å²) in [6.45, 7) is 0. The highest BCUT2D eigenvalue weighted by atomic mass is 79.9. The predicted octanol–water partition coefficient (Wildman–Crippen LogP) is 4.34. The van der Waals surface area contributed by atoms with E-state index in [4.69, 9.17) is 17.4 Å². The number of sulfonamides is 1. The molecule has 2 aromatic carbocycles. The first-order valence-electron chi connectivity index (χ1n) is 7.27. The molecule has 3 nitrogen and oxygen atoms in total. The number of nitrogens with two attached hydrogens (primary N) is 1. The van der Waals surface area contributed by atoms with Crippen LogP contribution in [-0.4, -0.2) is 13.3 Å². The summed E-state index contributed by atoms with van der Waals surface area (Å²) in [4.78, 5) is 0.178. The van der Waals surface area contributed by atoms with Gasteiger partial charge < -0.3 is 0 Å². The van der Waals surface area contributed by atoms with Crippen molar-refractivity contribution in [3.05, 3.63) is 82.1 Å². The Bertz CT molecular complexity index is 1030. The number of benzene rings is 2. The van der Waals surface area contributed by atoms with Crippen LogP contribution in [0.15, 0.2) is 70.1 Å². The summed E-state index contributed by atoms with van der Waals surface area (Å²) in [5.41, 5.74) is 2.31. The standard InChI is InChI=1S/C18H13BrFNO2S2/c19-14-3-1-2-13(8-14)15-6-4-12(10-17(15)24)11-5-7-18(16(20)9-11)25(21,22)23/h1-10,15H,(H2,21,22,23). The zero-order valence-corrected chi connectivity index (χ0v) is 16.0. The van der Waals surface area contributed by atoms with Crippen molar-refractivity contribution in [3.8, 4) is 0 Å². The molecule has 2 aromatic rings. The second-order valence-electron chi connectivity index (χ2n) is 5.58. The predicted molar refractivity (Wildman–Crippen MR) is 104 cm³/mol.